The van der Waals surface area contributed by atoms with Gasteiger partial charge in [-0.1, -0.05) is 24.3 Å². The largest absolute Gasteiger partial charge is 0.495 e. The lowest BCUT2D eigenvalue weighted by molar-refractivity contribution is -0.114. The molecule has 0 saturated heterocycles. The van der Waals surface area contributed by atoms with Gasteiger partial charge in [0.15, 0.2) is 0 Å². The molecule has 0 atom stereocenters. The molecule has 3 rings (SSSR count). The zero-order valence-corrected chi connectivity index (χ0v) is 20.0. The monoisotopic (exact) mass is 482 g/mol. The van der Waals surface area contributed by atoms with Gasteiger partial charge < -0.3 is 14.8 Å². The van der Waals surface area contributed by atoms with E-state index in [1.165, 1.54) is 31.4 Å². The van der Waals surface area contributed by atoms with E-state index in [2.05, 4.69) is 5.32 Å². The Morgan fingerprint density at radius 1 is 0.971 bits per heavy atom. The number of carbonyl (C=O) groups excluding carboxylic acids is 2. The molecule has 0 fully saturated rings. The maximum absolute atomic E-state index is 13.5. The first-order valence-corrected chi connectivity index (χ1v) is 12.0. The molecule has 34 heavy (non-hydrogen) atoms. The van der Waals surface area contributed by atoms with E-state index >= 15 is 0 Å². The lowest BCUT2D eigenvalue weighted by atomic mass is 10.2. The minimum atomic E-state index is -4.08. The first kappa shape index (κ1) is 24.8. The molecule has 0 bridgehead atoms. The maximum Gasteiger partial charge on any atom is 0.338 e. The first-order chi connectivity index (χ1) is 16.3. The smallest absolute Gasteiger partial charge is 0.338 e. The molecule has 1 N–H and O–H groups in total. The molecule has 1 amide bonds. The van der Waals surface area contributed by atoms with E-state index in [4.69, 9.17) is 9.47 Å². The SMILES string of the molecule is CCOC(=O)c1ccc(NC(=O)CN(c2cc(C)ccc2OC)S(=O)(=O)c2ccccc2)cc1. The highest BCUT2D eigenvalue weighted by molar-refractivity contribution is 7.92. The van der Waals surface area contributed by atoms with Crippen LogP contribution >= 0.6 is 0 Å². The summed E-state index contributed by atoms with van der Waals surface area (Å²) in [5.41, 5.74) is 1.81. The lowest BCUT2D eigenvalue weighted by Gasteiger charge is -2.26. The van der Waals surface area contributed by atoms with Crippen molar-refractivity contribution >= 4 is 33.3 Å². The van der Waals surface area contributed by atoms with Crippen molar-refractivity contribution in [3.8, 4) is 5.75 Å². The Hall–Kier alpha value is -3.85. The zero-order valence-electron chi connectivity index (χ0n) is 19.1. The van der Waals surface area contributed by atoms with Crippen LogP contribution in [0.5, 0.6) is 5.75 Å². The number of hydrogen-bond acceptors (Lipinski definition) is 6. The summed E-state index contributed by atoms with van der Waals surface area (Å²) in [7, 11) is -2.65. The third-order valence-electron chi connectivity index (χ3n) is 4.90. The maximum atomic E-state index is 13.5. The van der Waals surface area contributed by atoms with Crippen molar-refractivity contribution in [1.29, 1.82) is 0 Å². The van der Waals surface area contributed by atoms with Gasteiger partial charge in [0, 0.05) is 5.69 Å². The number of hydrogen-bond donors (Lipinski definition) is 1. The molecule has 9 heteroatoms. The highest BCUT2D eigenvalue weighted by atomic mass is 32.2. The number of nitrogens with one attached hydrogen (secondary N) is 1. The van der Waals surface area contributed by atoms with E-state index in [0.29, 0.717) is 17.0 Å². The molecule has 0 unspecified atom stereocenters. The second-order valence-electron chi connectivity index (χ2n) is 7.35. The number of anilines is 2. The standard InChI is InChI=1S/C25H26N2O6S/c1-4-33-25(29)19-11-13-20(14-12-19)26-24(28)17-27(22-16-18(2)10-15-23(22)32-3)34(30,31)21-8-6-5-7-9-21/h5-16H,4,17H2,1-3H3,(H,26,28). The predicted octanol–water partition coefficient (Wildman–Crippen LogP) is 4.01. The number of esters is 1. The Labute approximate surface area is 199 Å². The Bertz CT molecular complexity index is 1260. The summed E-state index contributed by atoms with van der Waals surface area (Å²) < 4.78 is 38.4. The van der Waals surface area contributed by atoms with Gasteiger partial charge in [-0.2, -0.15) is 0 Å². The van der Waals surface area contributed by atoms with E-state index in [1.54, 1.807) is 55.5 Å². The van der Waals surface area contributed by atoms with Gasteiger partial charge in [0.2, 0.25) is 5.91 Å². The second kappa shape index (κ2) is 10.8. The molecule has 0 radical (unpaired) electrons. The molecule has 0 aliphatic heterocycles. The van der Waals surface area contributed by atoms with Crippen molar-refractivity contribution in [2.75, 3.05) is 29.9 Å². The molecule has 0 aliphatic rings. The van der Waals surface area contributed by atoms with Crippen LogP contribution in [0.1, 0.15) is 22.8 Å². The van der Waals surface area contributed by atoms with Crippen LogP contribution in [0.3, 0.4) is 0 Å². The minimum Gasteiger partial charge on any atom is -0.495 e. The van der Waals surface area contributed by atoms with E-state index in [0.717, 1.165) is 9.87 Å². The average molecular weight is 483 g/mol. The number of nitrogens with zero attached hydrogens (tertiary/aromatic N) is 1. The number of amides is 1. The molecule has 3 aromatic rings. The van der Waals surface area contributed by atoms with Crippen LogP contribution in [0.2, 0.25) is 0 Å². The van der Waals surface area contributed by atoms with Gasteiger partial charge in [-0.05, 0) is 67.9 Å². The fourth-order valence-electron chi connectivity index (χ4n) is 3.25. The van der Waals surface area contributed by atoms with Gasteiger partial charge in [-0.3, -0.25) is 9.10 Å². The summed E-state index contributed by atoms with van der Waals surface area (Å²) in [6, 6.07) is 19.1. The fraction of sp³-hybridized carbons (Fsp3) is 0.200. The van der Waals surface area contributed by atoms with Crippen molar-refractivity contribution in [1.82, 2.24) is 0 Å². The molecule has 0 heterocycles. The van der Waals surface area contributed by atoms with Gasteiger partial charge in [-0.15, -0.1) is 0 Å². The Morgan fingerprint density at radius 2 is 1.65 bits per heavy atom. The average Bonchev–Trinajstić information content (AvgIpc) is 2.83. The molecule has 8 nitrogen and oxygen atoms in total. The quantitative estimate of drug-likeness (QED) is 0.462. The summed E-state index contributed by atoms with van der Waals surface area (Å²) in [6.07, 6.45) is 0. The number of aryl methyl sites for hydroxylation is 1. The minimum absolute atomic E-state index is 0.0464. The normalized spacial score (nSPS) is 10.9. The van der Waals surface area contributed by atoms with Crippen molar-refractivity contribution in [2.45, 2.75) is 18.7 Å². The fourth-order valence-corrected chi connectivity index (χ4v) is 4.69. The van der Waals surface area contributed by atoms with Crippen LogP contribution < -0.4 is 14.4 Å². The van der Waals surface area contributed by atoms with E-state index in [-0.39, 0.29) is 17.2 Å². The topological polar surface area (TPSA) is 102 Å². The predicted molar refractivity (Wildman–Crippen MR) is 130 cm³/mol. The van der Waals surface area contributed by atoms with Crippen LogP contribution in [-0.4, -0.2) is 40.6 Å². The Morgan fingerprint density at radius 3 is 2.26 bits per heavy atom. The van der Waals surface area contributed by atoms with E-state index < -0.39 is 28.4 Å². The second-order valence-corrected chi connectivity index (χ2v) is 9.21. The zero-order chi connectivity index (χ0) is 24.7. The highest BCUT2D eigenvalue weighted by Gasteiger charge is 2.29. The van der Waals surface area contributed by atoms with Crippen LogP contribution in [-0.2, 0) is 19.6 Å². The molecule has 3 aromatic carbocycles. The summed E-state index contributed by atoms with van der Waals surface area (Å²) in [4.78, 5) is 24.8. The Kier molecular flexibility index (Phi) is 7.91. The van der Waals surface area contributed by atoms with Gasteiger partial charge in [0.1, 0.15) is 12.3 Å². The van der Waals surface area contributed by atoms with Crippen LogP contribution in [0.15, 0.2) is 77.7 Å². The van der Waals surface area contributed by atoms with E-state index in [9.17, 15) is 18.0 Å². The number of benzene rings is 3. The molecule has 0 saturated carbocycles. The number of rotatable bonds is 9. The van der Waals surface area contributed by atoms with Gasteiger partial charge in [0.05, 0.1) is 29.9 Å². The summed E-state index contributed by atoms with van der Waals surface area (Å²) in [5.74, 6) is -0.712. The highest BCUT2D eigenvalue weighted by Crippen LogP contribution is 2.33. The van der Waals surface area contributed by atoms with Crippen molar-refractivity contribution in [2.24, 2.45) is 0 Å². The third-order valence-corrected chi connectivity index (χ3v) is 6.68. The molecular formula is C25H26N2O6S. The van der Waals surface area contributed by atoms with Crippen molar-refractivity contribution < 1.29 is 27.5 Å². The molecule has 0 spiro atoms. The van der Waals surface area contributed by atoms with Crippen LogP contribution in [0.4, 0.5) is 11.4 Å². The van der Waals surface area contributed by atoms with Crippen molar-refractivity contribution in [3.63, 3.8) is 0 Å². The first-order valence-electron chi connectivity index (χ1n) is 10.6. The number of ether oxygens (including phenoxy) is 2. The Balaban J connectivity index is 1.91. The summed E-state index contributed by atoms with van der Waals surface area (Å²) in [6.45, 7) is 3.30. The van der Waals surface area contributed by atoms with Crippen LogP contribution in [0, 0.1) is 6.92 Å². The van der Waals surface area contributed by atoms with E-state index in [1.807, 2.05) is 6.92 Å². The number of methoxy groups -OCH3 is 1. The van der Waals surface area contributed by atoms with Crippen LogP contribution in [0.25, 0.3) is 0 Å². The molecule has 178 valence electrons. The molecular weight excluding hydrogens is 456 g/mol. The molecule has 0 aliphatic carbocycles. The van der Waals surface area contributed by atoms with Crippen molar-refractivity contribution in [3.05, 3.63) is 83.9 Å². The summed E-state index contributed by atoms with van der Waals surface area (Å²) >= 11 is 0. The lowest BCUT2D eigenvalue weighted by Crippen LogP contribution is -2.38. The molecule has 0 aromatic heterocycles. The third kappa shape index (κ3) is 5.74. The van der Waals surface area contributed by atoms with Gasteiger partial charge in [0.25, 0.3) is 10.0 Å². The number of sulfonamides is 1. The number of carbonyl (C=O) groups is 2. The van der Waals surface area contributed by atoms with Gasteiger partial charge >= 0.3 is 5.97 Å². The van der Waals surface area contributed by atoms with Gasteiger partial charge in [-0.25, -0.2) is 13.2 Å². The summed E-state index contributed by atoms with van der Waals surface area (Å²) in [5, 5.41) is 2.68.